The fourth-order valence-electron chi connectivity index (χ4n) is 1.68. The number of alkyl halides is 1. The summed E-state index contributed by atoms with van der Waals surface area (Å²) in [7, 11) is 0. The first-order valence-electron chi connectivity index (χ1n) is 5.14. The molecule has 0 saturated carbocycles. The van der Waals surface area contributed by atoms with Crippen molar-refractivity contribution in [1.29, 1.82) is 0 Å². The van der Waals surface area contributed by atoms with Crippen molar-refractivity contribution in [2.24, 2.45) is 11.7 Å². The normalized spacial score (nSPS) is 27.7. The second-order valence-electron chi connectivity index (χ2n) is 3.92. The number of carbonyl (C=O) groups excluding carboxylic acids is 1. The molecular weight excluding hydrogens is 257 g/mol. The molecule has 0 fully saturated rings. The van der Waals surface area contributed by atoms with E-state index in [0.717, 1.165) is 0 Å². The lowest BCUT2D eigenvalue weighted by Gasteiger charge is -2.22. The standard InChI is InChI=1S/C13H11Cl2NO/c14-11-8-13(15,16)7-6-10(11)12(17)9-4-2-1-3-5-9/h1-8,10H,16H2. The van der Waals surface area contributed by atoms with Crippen molar-refractivity contribution in [3.8, 4) is 0 Å². The van der Waals surface area contributed by atoms with Gasteiger partial charge in [-0.3, -0.25) is 4.79 Å². The first kappa shape index (κ1) is 12.4. The predicted octanol–water partition coefficient (Wildman–Crippen LogP) is 3.07. The number of halogens is 2. The van der Waals surface area contributed by atoms with Gasteiger partial charge in [-0.2, -0.15) is 0 Å². The van der Waals surface area contributed by atoms with Crippen molar-refractivity contribution in [3.63, 3.8) is 0 Å². The van der Waals surface area contributed by atoms with Gasteiger partial charge in [-0.15, -0.1) is 0 Å². The molecule has 17 heavy (non-hydrogen) atoms. The smallest absolute Gasteiger partial charge is 0.174 e. The Morgan fingerprint density at radius 1 is 1.29 bits per heavy atom. The van der Waals surface area contributed by atoms with Gasteiger partial charge in [-0.05, 0) is 12.2 Å². The monoisotopic (exact) mass is 267 g/mol. The molecule has 1 aliphatic rings. The minimum atomic E-state index is -1.09. The summed E-state index contributed by atoms with van der Waals surface area (Å²) in [4.78, 5) is 11.1. The molecule has 2 atom stereocenters. The summed E-state index contributed by atoms with van der Waals surface area (Å²) in [5, 5.41) is 0.360. The third-order valence-corrected chi connectivity index (χ3v) is 3.12. The molecule has 2 unspecified atom stereocenters. The molecule has 1 aromatic rings. The van der Waals surface area contributed by atoms with E-state index in [1.807, 2.05) is 18.2 Å². The maximum atomic E-state index is 12.2. The summed E-state index contributed by atoms with van der Waals surface area (Å²) >= 11 is 11.9. The lowest BCUT2D eigenvalue weighted by molar-refractivity contribution is 0.0962. The number of hydrogen-bond donors (Lipinski definition) is 1. The van der Waals surface area contributed by atoms with Crippen LogP contribution in [0.4, 0.5) is 0 Å². The highest BCUT2D eigenvalue weighted by Gasteiger charge is 2.28. The molecule has 0 radical (unpaired) electrons. The van der Waals surface area contributed by atoms with Crippen LogP contribution in [-0.2, 0) is 0 Å². The third kappa shape index (κ3) is 2.78. The Morgan fingerprint density at radius 3 is 2.53 bits per heavy atom. The van der Waals surface area contributed by atoms with Gasteiger partial charge in [0.05, 0.1) is 5.92 Å². The predicted molar refractivity (Wildman–Crippen MR) is 70.1 cm³/mol. The van der Waals surface area contributed by atoms with Crippen LogP contribution in [-0.4, -0.2) is 10.8 Å². The van der Waals surface area contributed by atoms with Gasteiger partial charge in [-0.1, -0.05) is 59.6 Å². The number of rotatable bonds is 2. The van der Waals surface area contributed by atoms with Crippen LogP contribution >= 0.6 is 23.2 Å². The minimum absolute atomic E-state index is 0.0599. The van der Waals surface area contributed by atoms with Crippen molar-refractivity contribution in [3.05, 3.63) is 59.2 Å². The second kappa shape index (κ2) is 4.65. The number of allylic oxidation sites excluding steroid dienone is 2. The average molecular weight is 268 g/mol. The van der Waals surface area contributed by atoms with Gasteiger partial charge in [0.2, 0.25) is 0 Å². The van der Waals surface area contributed by atoms with E-state index in [1.165, 1.54) is 6.08 Å². The Balaban J connectivity index is 2.27. The highest BCUT2D eigenvalue weighted by atomic mass is 35.5. The molecule has 0 heterocycles. The third-order valence-electron chi connectivity index (χ3n) is 2.54. The first-order chi connectivity index (χ1) is 7.99. The zero-order valence-corrected chi connectivity index (χ0v) is 10.4. The largest absolute Gasteiger partial charge is 0.306 e. The van der Waals surface area contributed by atoms with Crippen molar-refractivity contribution in [2.45, 2.75) is 5.00 Å². The number of nitrogens with two attached hydrogens (primary N) is 1. The van der Waals surface area contributed by atoms with Crippen LogP contribution in [0, 0.1) is 5.92 Å². The number of ketones is 1. The summed E-state index contributed by atoms with van der Waals surface area (Å²) in [5.74, 6) is -0.551. The van der Waals surface area contributed by atoms with E-state index in [4.69, 9.17) is 28.9 Å². The highest BCUT2D eigenvalue weighted by molar-refractivity contribution is 6.34. The SMILES string of the molecule is NC1(Cl)C=CC(C(=O)c2ccccc2)C(Cl)=C1. The first-order valence-corrected chi connectivity index (χ1v) is 5.90. The summed E-state index contributed by atoms with van der Waals surface area (Å²) < 4.78 is 0. The maximum absolute atomic E-state index is 12.2. The molecule has 1 aromatic carbocycles. The van der Waals surface area contributed by atoms with Crippen molar-refractivity contribution >= 4 is 29.0 Å². The van der Waals surface area contributed by atoms with Gasteiger partial charge >= 0.3 is 0 Å². The zero-order valence-electron chi connectivity index (χ0n) is 8.94. The summed E-state index contributed by atoms with van der Waals surface area (Å²) in [6.07, 6.45) is 4.71. The van der Waals surface area contributed by atoms with Crippen molar-refractivity contribution < 1.29 is 4.79 Å². The Bertz CT molecular complexity index is 491. The molecule has 0 spiro atoms. The second-order valence-corrected chi connectivity index (χ2v) is 5.01. The Kier molecular flexibility index (Phi) is 3.38. The minimum Gasteiger partial charge on any atom is -0.306 e. The van der Waals surface area contributed by atoms with E-state index in [-0.39, 0.29) is 5.78 Å². The molecule has 0 bridgehead atoms. The molecular formula is C13H11Cl2NO. The summed E-state index contributed by atoms with van der Waals surface area (Å²) in [5.41, 5.74) is 6.29. The summed E-state index contributed by atoms with van der Waals surface area (Å²) in [6, 6.07) is 8.99. The van der Waals surface area contributed by atoms with E-state index >= 15 is 0 Å². The van der Waals surface area contributed by atoms with E-state index in [0.29, 0.717) is 10.6 Å². The lowest BCUT2D eigenvalue weighted by Crippen LogP contribution is -2.32. The topological polar surface area (TPSA) is 43.1 Å². The van der Waals surface area contributed by atoms with Crippen molar-refractivity contribution in [2.75, 3.05) is 0 Å². The molecule has 88 valence electrons. The van der Waals surface area contributed by atoms with Crippen LogP contribution in [0.1, 0.15) is 10.4 Å². The van der Waals surface area contributed by atoms with E-state index in [9.17, 15) is 4.79 Å². The van der Waals surface area contributed by atoms with Gasteiger partial charge in [0.25, 0.3) is 0 Å². The average Bonchev–Trinajstić information content (AvgIpc) is 2.28. The van der Waals surface area contributed by atoms with Crippen LogP contribution in [0.5, 0.6) is 0 Å². The van der Waals surface area contributed by atoms with Crippen molar-refractivity contribution in [1.82, 2.24) is 0 Å². The molecule has 0 aromatic heterocycles. The fraction of sp³-hybridized carbons (Fsp3) is 0.154. The van der Waals surface area contributed by atoms with Crippen LogP contribution < -0.4 is 5.73 Å². The highest BCUT2D eigenvalue weighted by Crippen LogP contribution is 2.30. The quantitative estimate of drug-likeness (QED) is 0.387. The molecule has 0 saturated heterocycles. The molecule has 0 aliphatic heterocycles. The molecule has 1 aliphatic carbocycles. The van der Waals surface area contributed by atoms with Crippen LogP contribution in [0.25, 0.3) is 0 Å². The van der Waals surface area contributed by atoms with Gasteiger partial charge in [0.1, 0.15) is 5.00 Å². The number of hydrogen-bond acceptors (Lipinski definition) is 2. The van der Waals surface area contributed by atoms with Crippen LogP contribution in [0.2, 0.25) is 0 Å². The Labute approximate surface area is 110 Å². The van der Waals surface area contributed by atoms with Gasteiger partial charge in [-0.25, -0.2) is 0 Å². The Morgan fingerprint density at radius 2 is 1.94 bits per heavy atom. The van der Waals surface area contributed by atoms with E-state index in [2.05, 4.69) is 0 Å². The van der Waals surface area contributed by atoms with Gasteiger partial charge in [0, 0.05) is 10.6 Å². The van der Waals surface area contributed by atoms with E-state index < -0.39 is 10.9 Å². The Hall–Kier alpha value is -1.09. The van der Waals surface area contributed by atoms with Crippen LogP contribution in [0.3, 0.4) is 0 Å². The molecule has 2 rings (SSSR count). The van der Waals surface area contributed by atoms with E-state index in [1.54, 1.807) is 24.3 Å². The lowest BCUT2D eigenvalue weighted by atomic mass is 9.92. The number of carbonyl (C=O) groups is 1. The molecule has 0 amide bonds. The number of Topliss-reactive ketones (excluding diaryl/α,β-unsaturated/α-hetero) is 1. The molecule has 4 heteroatoms. The molecule has 2 nitrogen and oxygen atoms in total. The fourth-order valence-corrected chi connectivity index (χ4v) is 2.28. The number of benzene rings is 1. The summed E-state index contributed by atoms with van der Waals surface area (Å²) in [6.45, 7) is 0. The maximum Gasteiger partial charge on any atom is 0.174 e. The van der Waals surface area contributed by atoms with Gasteiger partial charge < -0.3 is 5.73 Å². The molecule has 2 N–H and O–H groups in total. The zero-order chi connectivity index (χ0) is 12.5. The van der Waals surface area contributed by atoms with Crippen LogP contribution in [0.15, 0.2) is 53.6 Å². The van der Waals surface area contributed by atoms with Gasteiger partial charge in [0.15, 0.2) is 5.78 Å².